The molecule has 0 spiro atoms. The Balaban J connectivity index is 2.91. The molecule has 0 saturated carbocycles. The van der Waals surface area contributed by atoms with E-state index in [2.05, 4.69) is 0 Å². The van der Waals surface area contributed by atoms with Gasteiger partial charge in [0.25, 0.3) is 0 Å². The molecule has 1 nitrogen and oxygen atoms in total. The molecule has 0 fully saturated rings. The number of hydrogen-bond donors (Lipinski definition) is 0. The molecule has 0 saturated heterocycles. The minimum atomic E-state index is -0.962. The lowest BCUT2D eigenvalue weighted by molar-refractivity contribution is 0.485. The molecule has 0 radical (unpaired) electrons. The summed E-state index contributed by atoms with van der Waals surface area (Å²) in [6, 6.07) is 6.67. The maximum atomic E-state index is 12.0. The van der Waals surface area contributed by atoms with E-state index in [0.29, 0.717) is 5.56 Å². The number of rotatable bonds is 2. The van der Waals surface area contributed by atoms with Crippen molar-refractivity contribution in [1.82, 2.24) is 0 Å². The van der Waals surface area contributed by atoms with Gasteiger partial charge in [-0.3, -0.25) is 4.21 Å². The molecule has 1 rings (SSSR count). The molecule has 11 heavy (non-hydrogen) atoms. The van der Waals surface area contributed by atoms with Crippen molar-refractivity contribution in [3.8, 4) is 0 Å². The number of halogens is 1. The molecule has 1 aromatic rings. The summed E-state index contributed by atoms with van der Waals surface area (Å²) in [5.74, 6) is 0. The standard InChI is InChI=1S/C8H9FOS/c1-11(10)8-4-2-7(6-9)3-5-8/h2-5H,6H2,1H3. The zero-order valence-corrected chi connectivity index (χ0v) is 7.03. The van der Waals surface area contributed by atoms with Crippen molar-refractivity contribution in [3.63, 3.8) is 0 Å². The van der Waals surface area contributed by atoms with E-state index in [1.54, 1.807) is 30.5 Å². The summed E-state index contributed by atoms with van der Waals surface area (Å²) in [5.41, 5.74) is 0.624. The molecule has 0 aliphatic carbocycles. The Morgan fingerprint density at radius 3 is 2.27 bits per heavy atom. The van der Waals surface area contributed by atoms with Crippen LogP contribution in [0.4, 0.5) is 4.39 Å². The molecule has 0 N–H and O–H groups in total. The van der Waals surface area contributed by atoms with E-state index in [1.807, 2.05) is 0 Å². The van der Waals surface area contributed by atoms with Crippen LogP contribution in [0.25, 0.3) is 0 Å². The molecule has 0 aromatic heterocycles. The Morgan fingerprint density at radius 1 is 1.36 bits per heavy atom. The van der Waals surface area contributed by atoms with Crippen LogP contribution >= 0.6 is 0 Å². The van der Waals surface area contributed by atoms with E-state index in [0.717, 1.165) is 4.90 Å². The lowest BCUT2D eigenvalue weighted by atomic mass is 10.2. The quantitative estimate of drug-likeness (QED) is 0.665. The Bertz CT molecular complexity index is 255. The normalized spacial score (nSPS) is 12.9. The molecular formula is C8H9FOS. The van der Waals surface area contributed by atoms with Gasteiger partial charge in [0.1, 0.15) is 6.67 Å². The van der Waals surface area contributed by atoms with Crippen LogP contribution in [0.1, 0.15) is 5.56 Å². The minimum absolute atomic E-state index is 0.462. The van der Waals surface area contributed by atoms with Crippen LogP contribution in [0.15, 0.2) is 29.2 Å². The third-order valence-electron chi connectivity index (χ3n) is 1.41. The molecule has 0 aliphatic heterocycles. The summed E-state index contributed by atoms with van der Waals surface area (Å²) >= 11 is 0. The minimum Gasteiger partial charge on any atom is -0.255 e. The average molecular weight is 172 g/mol. The second kappa shape index (κ2) is 3.62. The summed E-state index contributed by atoms with van der Waals surface area (Å²) in [5, 5.41) is 0. The number of benzene rings is 1. The van der Waals surface area contributed by atoms with Crippen LogP contribution in [0.3, 0.4) is 0 Å². The number of hydrogen-bond acceptors (Lipinski definition) is 1. The van der Waals surface area contributed by atoms with Crippen LogP contribution in [0.2, 0.25) is 0 Å². The third kappa shape index (κ3) is 2.12. The summed E-state index contributed by atoms with van der Waals surface area (Å²) < 4.78 is 22.8. The molecule has 0 bridgehead atoms. The van der Waals surface area contributed by atoms with Gasteiger partial charge in [-0.2, -0.15) is 0 Å². The van der Waals surface area contributed by atoms with Crippen molar-refractivity contribution in [2.75, 3.05) is 6.26 Å². The van der Waals surface area contributed by atoms with Gasteiger partial charge >= 0.3 is 0 Å². The monoisotopic (exact) mass is 172 g/mol. The fraction of sp³-hybridized carbons (Fsp3) is 0.250. The van der Waals surface area contributed by atoms with Gasteiger partial charge in [0.05, 0.1) is 0 Å². The van der Waals surface area contributed by atoms with Gasteiger partial charge in [-0.25, -0.2) is 4.39 Å². The molecular weight excluding hydrogens is 163 g/mol. The van der Waals surface area contributed by atoms with E-state index in [4.69, 9.17) is 0 Å². The highest BCUT2D eigenvalue weighted by Gasteiger charge is 1.96. The second-order valence-corrected chi connectivity index (χ2v) is 3.61. The van der Waals surface area contributed by atoms with Gasteiger partial charge in [-0.05, 0) is 17.7 Å². The van der Waals surface area contributed by atoms with Crippen molar-refractivity contribution < 1.29 is 8.60 Å². The van der Waals surface area contributed by atoms with Gasteiger partial charge < -0.3 is 0 Å². The van der Waals surface area contributed by atoms with Crippen molar-refractivity contribution >= 4 is 10.8 Å². The highest BCUT2D eigenvalue weighted by molar-refractivity contribution is 7.84. The largest absolute Gasteiger partial charge is 0.255 e. The van der Waals surface area contributed by atoms with Crippen molar-refractivity contribution in [2.24, 2.45) is 0 Å². The van der Waals surface area contributed by atoms with E-state index in [1.165, 1.54) is 0 Å². The average Bonchev–Trinajstić information content (AvgIpc) is 2.05. The fourth-order valence-corrected chi connectivity index (χ4v) is 1.29. The molecule has 1 unspecified atom stereocenters. The molecule has 60 valence electrons. The van der Waals surface area contributed by atoms with E-state index >= 15 is 0 Å². The van der Waals surface area contributed by atoms with E-state index < -0.39 is 17.5 Å². The first-order chi connectivity index (χ1) is 5.24. The van der Waals surface area contributed by atoms with Crippen LogP contribution in [-0.2, 0) is 17.5 Å². The topological polar surface area (TPSA) is 17.1 Å². The van der Waals surface area contributed by atoms with Crippen LogP contribution < -0.4 is 0 Å². The Kier molecular flexibility index (Phi) is 2.76. The number of alkyl halides is 1. The fourth-order valence-electron chi connectivity index (χ4n) is 0.770. The maximum Gasteiger partial charge on any atom is 0.115 e. The zero-order chi connectivity index (χ0) is 8.27. The lowest BCUT2D eigenvalue weighted by Gasteiger charge is -1.96. The summed E-state index contributed by atoms with van der Waals surface area (Å²) in [6.45, 7) is -0.462. The molecule has 0 amide bonds. The molecule has 1 atom stereocenters. The molecule has 1 aromatic carbocycles. The Hall–Kier alpha value is -0.700. The highest BCUT2D eigenvalue weighted by atomic mass is 32.2. The second-order valence-electron chi connectivity index (χ2n) is 2.23. The first-order valence-electron chi connectivity index (χ1n) is 3.22. The predicted molar refractivity (Wildman–Crippen MR) is 43.6 cm³/mol. The van der Waals surface area contributed by atoms with E-state index in [9.17, 15) is 8.60 Å². The maximum absolute atomic E-state index is 12.0. The van der Waals surface area contributed by atoms with E-state index in [-0.39, 0.29) is 0 Å². The van der Waals surface area contributed by atoms with Gasteiger partial charge in [0.15, 0.2) is 0 Å². The SMILES string of the molecule is CS(=O)c1ccc(CF)cc1. The Morgan fingerprint density at radius 2 is 1.91 bits per heavy atom. The predicted octanol–water partition coefficient (Wildman–Crippen LogP) is 1.89. The van der Waals surface area contributed by atoms with Crippen molar-refractivity contribution in [1.29, 1.82) is 0 Å². The molecule has 3 heteroatoms. The zero-order valence-electron chi connectivity index (χ0n) is 6.21. The third-order valence-corrected chi connectivity index (χ3v) is 2.35. The van der Waals surface area contributed by atoms with Crippen LogP contribution in [0, 0.1) is 0 Å². The lowest BCUT2D eigenvalue weighted by Crippen LogP contribution is -1.87. The van der Waals surface area contributed by atoms with Gasteiger partial charge in [0.2, 0.25) is 0 Å². The van der Waals surface area contributed by atoms with Gasteiger partial charge in [-0.1, -0.05) is 12.1 Å². The van der Waals surface area contributed by atoms with Crippen LogP contribution in [0.5, 0.6) is 0 Å². The van der Waals surface area contributed by atoms with Crippen molar-refractivity contribution in [3.05, 3.63) is 29.8 Å². The summed E-state index contributed by atoms with van der Waals surface area (Å²) in [6.07, 6.45) is 1.60. The summed E-state index contributed by atoms with van der Waals surface area (Å²) in [7, 11) is -0.962. The molecule has 0 heterocycles. The first kappa shape index (κ1) is 8.40. The summed E-state index contributed by atoms with van der Waals surface area (Å²) in [4.78, 5) is 0.738. The Labute approximate surface area is 67.7 Å². The first-order valence-corrected chi connectivity index (χ1v) is 4.78. The molecule has 0 aliphatic rings. The van der Waals surface area contributed by atoms with Gasteiger partial charge in [0, 0.05) is 22.0 Å². The van der Waals surface area contributed by atoms with Crippen molar-refractivity contribution in [2.45, 2.75) is 11.6 Å². The van der Waals surface area contributed by atoms with Crippen LogP contribution in [-0.4, -0.2) is 10.5 Å². The highest BCUT2D eigenvalue weighted by Crippen LogP contribution is 2.07. The van der Waals surface area contributed by atoms with Gasteiger partial charge in [-0.15, -0.1) is 0 Å². The smallest absolute Gasteiger partial charge is 0.115 e.